The van der Waals surface area contributed by atoms with Crippen LogP contribution in [0.2, 0.25) is 0 Å². The van der Waals surface area contributed by atoms with Gasteiger partial charge in [-0.2, -0.15) is 0 Å². The Morgan fingerprint density at radius 3 is 2.12 bits per heavy atom. The number of hydrogen-bond donors (Lipinski definition) is 0. The van der Waals surface area contributed by atoms with Crippen molar-refractivity contribution in [3.05, 3.63) is 0 Å². The van der Waals surface area contributed by atoms with Crippen LogP contribution < -0.4 is 0 Å². The number of Topliss-reactive ketones (excluding diaryl/α,β-unsaturated/α-hetero) is 1. The van der Waals surface area contributed by atoms with Crippen LogP contribution >= 0.6 is 0 Å². The molecule has 0 aromatic rings. The second-order valence-electron chi connectivity index (χ2n) is 5.72. The molecule has 1 saturated heterocycles. The summed E-state index contributed by atoms with van der Waals surface area (Å²) in [5, 5.41) is 0. The normalized spacial score (nSPS) is 20.0. The van der Waals surface area contributed by atoms with Crippen LogP contribution in [-0.2, 0) is 4.79 Å². The zero-order chi connectivity index (χ0) is 12.2. The summed E-state index contributed by atoms with van der Waals surface area (Å²) in [6, 6.07) is 0. The van der Waals surface area contributed by atoms with Gasteiger partial charge in [-0.05, 0) is 27.2 Å². The molecule has 1 heterocycles. The van der Waals surface area contributed by atoms with E-state index in [4.69, 9.17) is 0 Å². The first-order chi connectivity index (χ1) is 7.43. The SMILES string of the molecule is CCCC(=O)CN1CCN(C(C)(C)C)CC1. The van der Waals surface area contributed by atoms with Crippen molar-refractivity contribution in [2.45, 2.75) is 46.1 Å². The van der Waals surface area contributed by atoms with E-state index in [0.29, 0.717) is 12.3 Å². The summed E-state index contributed by atoms with van der Waals surface area (Å²) < 4.78 is 0. The molecule has 16 heavy (non-hydrogen) atoms. The first-order valence-corrected chi connectivity index (χ1v) is 6.42. The predicted molar refractivity (Wildman–Crippen MR) is 67.7 cm³/mol. The van der Waals surface area contributed by atoms with Crippen LogP contribution in [0.3, 0.4) is 0 Å². The van der Waals surface area contributed by atoms with Gasteiger partial charge in [-0.3, -0.25) is 14.6 Å². The summed E-state index contributed by atoms with van der Waals surface area (Å²) in [6.07, 6.45) is 1.71. The Hall–Kier alpha value is -0.410. The third-order valence-electron chi connectivity index (χ3n) is 3.25. The lowest BCUT2D eigenvalue weighted by atomic mass is 10.0. The first-order valence-electron chi connectivity index (χ1n) is 6.42. The summed E-state index contributed by atoms with van der Waals surface area (Å²) in [7, 11) is 0. The molecule has 3 nitrogen and oxygen atoms in total. The van der Waals surface area contributed by atoms with E-state index in [1.807, 2.05) is 0 Å². The van der Waals surface area contributed by atoms with E-state index in [0.717, 1.165) is 39.0 Å². The van der Waals surface area contributed by atoms with Crippen molar-refractivity contribution < 1.29 is 4.79 Å². The molecule has 0 amide bonds. The molecule has 94 valence electrons. The third-order valence-corrected chi connectivity index (χ3v) is 3.25. The van der Waals surface area contributed by atoms with E-state index >= 15 is 0 Å². The molecule has 0 bridgehead atoms. The number of nitrogens with zero attached hydrogens (tertiary/aromatic N) is 2. The highest BCUT2D eigenvalue weighted by Crippen LogP contribution is 2.15. The minimum Gasteiger partial charge on any atom is -0.298 e. The lowest BCUT2D eigenvalue weighted by Crippen LogP contribution is -2.54. The largest absolute Gasteiger partial charge is 0.298 e. The fourth-order valence-corrected chi connectivity index (χ4v) is 2.18. The topological polar surface area (TPSA) is 23.6 Å². The molecule has 1 aliphatic heterocycles. The smallest absolute Gasteiger partial charge is 0.146 e. The number of hydrogen-bond acceptors (Lipinski definition) is 3. The number of carbonyl (C=O) groups is 1. The van der Waals surface area contributed by atoms with Crippen LogP contribution in [-0.4, -0.2) is 53.8 Å². The van der Waals surface area contributed by atoms with Crippen LogP contribution in [0.25, 0.3) is 0 Å². The van der Waals surface area contributed by atoms with E-state index in [2.05, 4.69) is 37.5 Å². The first kappa shape index (κ1) is 13.7. The molecule has 1 rings (SSSR count). The fraction of sp³-hybridized carbons (Fsp3) is 0.923. The van der Waals surface area contributed by atoms with Gasteiger partial charge in [0.15, 0.2) is 0 Å². The van der Waals surface area contributed by atoms with Crippen LogP contribution in [0.1, 0.15) is 40.5 Å². The summed E-state index contributed by atoms with van der Waals surface area (Å²) in [5.41, 5.74) is 0.263. The molecule has 0 unspecified atom stereocenters. The number of piperazine rings is 1. The van der Waals surface area contributed by atoms with E-state index in [9.17, 15) is 4.79 Å². The van der Waals surface area contributed by atoms with Crippen LogP contribution in [0.4, 0.5) is 0 Å². The van der Waals surface area contributed by atoms with Gasteiger partial charge in [0.1, 0.15) is 5.78 Å². The number of carbonyl (C=O) groups excluding carboxylic acids is 1. The molecule has 1 fully saturated rings. The van der Waals surface area contributed by atoms with Gasteiger partial charge in [-0.15, -0.1) is 0 Å². The molecule has 0 spiro atoms. The third kappa shape index (κ3) is 4.22. The van der Waals surface area contributed by atoms with Gasteiger partial charge in [0.2, 0.25) is 0 Å². The summed E-state index contributed by atoms with van der Waals surface area (Å²) >= 11 is 0. The van der Waals surface area contributed by atoms with Gasteiger partial charge in [-0.1, -0.05) is 6.92 Å². The Bertz CT molecular complexity index is 225. The van der Waals surface area contributed by atoms with Crippen molar-refractivity contribution in [2.24, 2.45) is 0 Å². The highest BCUT2D eigenvalue weighted by molar-refractivity contribution is 5.80. The van der Waals surface area contributed by atoms with Crippen molar-refractivity contribution in [2.75, 3.05) is 32.7 Å². The molecular weight excluding hydrogens is 200 g/mol. The molecule has 0 N–H and O–H groups in total. The summed E-state index contributed by atoms with van der Waals surface area (Å²) in [6.45, 7) is 13.7. The van der Waals surface area contributed by atoms with Crippen molar-refractivity contribution in [1.29, 1.82) is 0 Å². The summed E-state index contributed by atoms with van der Waals surface area (Å²) in [5.74, 6) is 0.395. The standard InChI is InChI=1S/C13H26N2O/c1-5-6-12(16)11-14-7-9-15(10-8-14)13(2,3)4/h5-11H2,1-4H3. The quantitative estimate of drug-likeness (QED) is 0.730. The molecule has 0 radical (unpaired) electrons. The average Bonchev–Trinajstić information content (AvgIpc) is 2.17. The van der Waals surface area contributed by atoms with Crippen LogP contribution in [0, 0.1) is 0 Å². The maximum Gasteiger partial charge on any atom is 0.146 e. The lowest BCUT2D eigenvalue weighted by Gasteiger charge is -2.42. The Balaban J connectivity index is 2.30. The molecule has 0 aliphatic carbocycles. The molecule has 3 heteroatoms. The highest BCUT2D eigenvalue weighted by Gasteiger charge is 2.26. The van der Waals surface area contributed by atoms with Gasteiger partial charge >= 0.3 is 0 Å². The number of rotatable bonds is 4. The van der Waals surface area contributed by atoms with Gasteiger partial charge in [0.05, 0.1) is 6.54 Å². The molecule has 0 aromatic carbocycles. The molecule has 0 saturated carbocycles. The Morgan fingerprint density at radius 2 is 1.69 bits per heavy atom. The second-order valence-corrected chi connectivity index (χ2v) is 5.72. The minimum atomic E-state index is 0.263. The van der Waals surface area contributed by atoms with E-state index < -0.39 is 0 Å². The van der Waals surface area contributed by atoms with Crippen molar-refractivity contribution in [3.63, 3.8) is 0 Å². The molecule has 0 aromatic heterocycles. The second kappa shape index (κ2) is 5.78. The highest BCUT2D eigenvalue weighted by atomic mass is 16.1. The van der Waals surface area contributed by atoms with Gasteiger partial charge in [0, 0.05) is 38.1 Å². The lowest BCUT2D eigenvalue weighted by molar-refractivity contribution is -0.120. The van der Waals surface area contributed by atoms with Gasteiger partial charge in [0.25, 0.3) is 0 Å². The van der Waals surface area contributed by atoms with Crippen LogP contribution in [0.5, 0.6) is 0 Å². The van der Waals surface area contributed by atoms with E-state index in [1.165, 1.54) is 0 Å². The van der Waals surface area contributed by atoms with Gasteiger partial charge < -0.3 is 0 Å². The molecule has 1 aliphatic rings. The Labute approximate surface area is 99.8 Å². The van der Waals surface area contributed by atoms with Crippen molar-refractivity contribution in [3.8, 4) is 0 Å². The number of ketones is 1. The monoisotopic (exact) mass is 226 g/mol. The predicted octanol–water partition coefficient (Wildman–Crippen LogP) is 1.77. The minimum absolute atomic E-state index is 0.263. The maximum absolute atomic E-state index is 11.5. The van der Waals surface area contributed by atoms with Crippen molar-refractivity contribution >= 4 is 5.78 Å². The zero-order valence-corrected chi connectivity index (χ0v) is 11.3. The van der Waals surface area contributed by atoms with E-state index in [-0.39, 0.29) is 5.54 Å². The van der Waals surface area contributed by atoms with Crippen LogP contribution in [0.15, 0.2) is 0 Å². The average molecular weight is 226 g/mol. The molecular formula is C13H26N2O. The zero-order valence-electron chi connectivity index (χ0n) is 11.3. The fourth-order valence-electron chi connectivity index (χ4n) is 2.18. The summed E-state index contributed by atoms with van der Waals surface area (Å²) in [4.78, 5) is 16.3. The Morgan fingerprint density at radius 1 is 1.12 bits per heavy atom. The van der Waals surface area contributed by atoms with E-state index in [1.54, 1.807) is 0 Å². The van der Waals surface area contributed by atoms with Gasteiger partial charge in [-0.25, -0.2) is 0 Å². The molecule has 0 atom stereocenters. The van der Waals surface area contributed by atoms with Crippen molar-refractivity contribution in [1.82, 2.24) is 9.80 Å². The maximum atomic E-state index is 11.5. The Kier molecular flexibility index (Phi) is 4.93.